The third-order valence-electron chi connectivity index (χ3n) is 3.05. The fourth-order valence-corrected chi connectivity index (χ4v) is 2.06. The molecule has 0 bridgehead atoms. The second-order valence-corrected chi connectivity index (χ2v) is 4.40. The van der Waals surface area contributed by atoms with Crippen LogP contribution in [0, 0.1) is 0 Å². The summed E-state index contributed by atoms with van der Waals surface area (Å²) < 4.78 is 38.5. The zero-order valence-electron chi connectivity index (χ0n) is 10.5. The van der Waals surface area contributed by atoms with Crippen LogP contribution in [0.4, 0.5) is 13.2 Å². The van der Waals surface area contributed by atoms with Gasteiger partial charge in [0.15, 0.2) is 0 Å². The number of halogens is 3. The highest BCUT2D eigenvalue weighted by Gasteiger charge is 2.31. The molecule has 0 aliphatic carbocycles. The summed E-state index contributed by atoms with van der Waals surface area (Å²) in [5.41, 5.74) is -0.583. The normalized spacial score (nSPS) is 11.8. The summed E-state index contributed by atoms with van der Waals surface area (Å²) >= 11 is 0. The van der Waals surface area contributed by atoms with E-state index in [0.717, 1.165) is 18.2 Å². The summed E-state index contributed by atoms with van der Waals surface area (Å²) in [4.78, 5) is 15.6. The van der Waals surface area contributed by atoms with Gasteiger partial charge in [0, 0.05) is 23.3 Å². The summed E-state index contributed by atoms with van der Waals surface area (Å²) in [7, 11) is 0. The Kier molecular flexibility index (Phi) is 2.97. The van der Waals surface area contributed by atoms with Gasteiger partial charge in [-0.3, -0.25) is 9.78 Å². The van der Waals surface area contributed by atoms with Gasteiger partial charge in [0.1, 0.15) is 5.69 Å². The summed E-state index contributed by atoms with van der Waals surface area (Å²) in [6.45, 7) is 0. The molecule has 4 nitrogen and oxygen atoms in total. The molecule has 106 valence electrons. The first kappa shape index (κ1) is 13.3. The lowest BCUT2D eigenvalue weighted by molar-refractivity contribution is -0.137. The monoisotopic (exact) mass is 291 g/mol. The highest BCUT2D eigenvalue weighted by atomic mass is 19.4. The average Bonchev–Trinajstić information content (AvgIpc) is 2.47. The van der Waals surface area contributed by atoms with Gasteiger partial charge >= 0.3 is 6.18 Å². The van der Waals surface area contributed by atoms with Crippen molar-refractivity contribution < 1.29 is 13.2 Å². The van der Waals surface area contributed by atoms with Gasteiger partial charge in [-0.2, -0.15) is 18.3 Å². The molecule has 2 aromatic heterocycles. The number of aromatic nitrogens is 3. The molecule has 0 aliphatic rings. The predicted octanol–water partition coefficient (Wildman–Crippen LogP) is 3.00. The van der Waals surface area contributed by atoms with Crippen LogP contribution in [0.5, 0.6) is 0 Å². The zero-order chi connectivity index (χ0) is 15.0. The van der Waals surface area contributed by atoms with Gasteiger partial charge in [-0.25, -0.2) is 5.10 Å². The number of rotatable bonds is 1. The van der Waals surface area contributed by atoms with E-state index in [0.29, 0.717) is 5.56 Å². The fourth-order valence-electron chi connectivity index (χ4n) is 2.06. The molecule has 21 heavy (non-hydrogen) atoms. The third kappa shape index (κ3) is 2.37. The number of benzene rings is 1. The molecule has 2 heterocycles. The van der Waals surface area contributed by atoms with E-state index in [1.165, 1.54) is 6.20 Å². The van der Waals surface area contributed by atoms with E-state index in [-0.39, 0.29) is 16.5 Å². The fraction of sp³-hybridized carbons (Fsp3) is 0.0714. The van der Waals surface area contributed by atoms with Gasteiger partial charge in [0.2, 0.25) is 0 Å². The Bertz CT molecular complexity index is 857. The molecule has 0 fully saturated rings. The molecule has 3 rings (SSSR count). The van der Waals surface area contributed by atoms with Crippen LogP contribution < -0.4 is 5.56 Å². The van der Waals surface area contributed by atoms with Crippen LogP contribution in [0.25, 0.3) is 22.0 Å². The number of pyridine rings is 1. The van der Waals surface area contributed by atoms with Crippen molar-refractivity contribution in [2.45, 2.75) is 6.18 Å². The van der Waals surface area contributed by atoms with Crippen LogP contribution in [0.3, 0.4) is 0 Å². The Labute approximate surface area is 116 Å². The highest BCUT2D eigenvalue weighted by molar-refractivity contribution is 5.94. The van der Waals surface area contributed by atoms with Crippen LogP contribution in [-0.2, 0) is 6.18 Å². The van der Waals surface area contributed by atoms with Crippen LogP contribution in [0.15, 0.2) is 47.5 Å². The number of alkyl halides is 3. The maximum Gasteiger partial charge on any atom is 0.416 e. The van der Waals surface area contributed by atoms with Crippen LogP contribution >= 0.6 is 0 Å². The largest absolute Gasteiger partial charge is 0.416 e. The Morgan fingerprint density at radius 3 is 2.57 bits per heavy atom. The van der Waals surface area contributed by atoms with Crippen molar-refractivity contribution in [3.63, 3.8) is 0 Å². The summed E-state index contributed by atoms with van der Waals surface area (Å²) in [5.74, 6) is 0. The number of nitrogens with zero attached hydrogens (tertiary/aromatic N) is 2. The first-order valence-electron chi connectivity index (χ1n) is 5.97. The van der Waals surface area contributed by atoms with Crippen molar-refractivity contribution in [2.75, 3.05) is 0 Å². The molecule has 0 amide bonds. The van der Waals surface area contributed by atoms with E-state index >= 15 is 0 Å². The number of aromatic amines is 1. The Morgan fingerprint density at radius 1 is 1.10 bits per heavy atom. The lowest BCUT2D eigenvalue weighted by atomic mass is 10.0. The Hall–Kier alpha value is -2.70. The first-order valence-corrected chi connectivity index (χ1v) is 5.97. The molecule has 0 unspecified atom stereocenters. The van der Waals surface area contributed by atoms with Gasteiger partial charge in [0.25, 0.3) is 5.56 Å². The molecule has 1 N–H and O–H groups in total. The van der Waals surface area contributed by atoms with E-state index < -0.39 is 17.3 Å². The molecule has 1 aromatic carbocycles. The van der Waals surface area contributed by atoms with Gasteiger partial charge in [0.05, 0.1) is 10.9 Å². The topological polar surface area (TPSA) is 58.6 Å². The summed E-state index contributed by atoms with van der Waals surface area (Å²) in [5, 5.41) is 6.43. The molecule has 0 saturated heterocycles. The predicted molar refractivity (Wildman–Crippen MR) is 70.6 cm³/mol. The van der Waals surface area contributed by atoms with E-state index in [4.69, 9.17) is 0 Å². The lowest BCUT2D eigenvalue weighted by Gasteiger charge is -2.09. The number of hydrogen-bond acceptors (Lipinski definition) is 3. The van der Waals surface area contributed by atoms with Crippen molar-refractivity contribution in [1.29, 1.82) is 0 Å². The molecule has 0 aliphatic heterocycles. The van der Waals surface area contributed by atoms with E-state index in [1.807, 2.05) is 0 Å². The maximum atomic E-state index is 12.8. The summed E-state index contributed by atoms with van der Waals surface area (Å²) in [6, 6.07) is 6.26. The van der Waals surface area contributed by atoms with Crippen molar-refractivity contribution in [1.82, 2.24) is 15.2 Å². The van der Waals surface area contributed by atoms with Crippen LogP contribution in [-0.4, -0.2) is 15.2 Å². The van der Waals surface area contributed by atoms with Gasteiger partial charge in [-0.05, 0) is 30.3 Å². The second-order valence-electron chi connectivity index (χ2n) is 4.40. The number of hydrogen-bond donors (Lipinski definition) is 1. The second kappa shape index (κ2) is 4.69. The van der Waals surface area contributed by atoms with E-state index in [2.05, 4.69) is 15.2 Å². The minimum absolute atomic E-state index is 0.140. The smallest absolute Gasteiger partial charge is 0.267 e. The van der Waals surface area contributed by atoms with Crippen LogP contribution in [0.2, 0.25) is 0 Å². The standard InChI is InChI=1S/C14H8F3N3O/c15-14(16,17)9-3-4-10-11(6-9)12(19-20-13(10)21)8-2-1-5-18-7-8/h1-7H,(H,20,21). The highest BCUT2D eigenvalue weighted by Crippen LogP contribution is 2.33. The SMILES string of the molecule is O=c1[nH]nc(-c2cccnc2)c2cc(C(F)(F)F)ccc12. The number of H-pyrrole nitrogens is 1. The average molecular weight is 291 g/mol. The first-order chi connectivity index (χ1) is 9.97. The van der Waals surface area contributed by atoms with E-state index in [1.54, 1.807) is 18.3 Å². The van der Waals surface area contributed by atoms with Crippen molar-refractivity contribution in [2.24, 2.45) is 0 Å². The number of fused-ring (bicyclic) bond motifs is 1. The van der Waals surface area contributed by atoms with Crippen LogP contribution in [0.1, 0.15) is 5.56 Å². The molecular weight excluding hydrogens is 283 g/mol. The van der Waals surface area contributed by atoms with Gasteiger partial charge in [-0.1, -0.05) is 0 Å². The molecule has 0 saturated carbocycles. The summed E-state index contributed by atoms with van der Waals surface area (Å²) in [6.07, 6.45) is -1.47. The van der Waals surface area contributed by atoms with Crippen molar-refractivity contribution >= 4 is 10.8 Å². The molecular formula is C14H8F3N3O. The Balaban J connectivity index is 2.35. The van der Waals surface area contributed by atoms with Crippen molar-refractivity contribution in [3.8, 4) is 11.3 Å². The molecule has 0 spiro atoms. The lowest BCUT2D eigenvalue weighted by Crippen LogP contribution is -2.11. The minimum Gasteiger partial charge on any atom is -0.267 e. The molecule has 0 atom stereocenters. The van der Waals surface area contributed by atoms with Crippen molar-refractivity contribution in [3.05, 3.63) is 58.6 Å². The number of nitrogens with one attached hydrogen (secondary N) is 1. The third-order valence-corrected chi connectivity index (χ3v) is 3.05. The molecule has 0 radical (unpaired) electrons. The Morgan fingerprint density at radius 2 is 1.90 bits per heavy atom. The quantitative estimate of drug-likeness (QED) is 0.749. The zero-order valence-corrected chi connectivity index (χ0v) is 10.5. The van der Waals surface area contributed by atoms with Gasteiger partial charge in [-0.15, -0.1) is 0 Å². The van der Waals surface area contributed by atoms with E-state index in [9.17, 15) is 18.0 Å². The maximum absolute atomic E-state index is 12.8. The van der Waals surface area contributed by atoms with Gasteiger partial charge < -0.3 is 0 Å². The molecule has 3 aromatic rings. The minimum atomic E-state index is -4.48. The molecule has 7 heteroatoms.